The standard InChI is InChI=1S/C20H32O3/c1-18(23)9-10-20(12-21)13(11-18)3-4-14-15-5-6-17(22)19(15,2)8-7-16(14)20/h13-16,21,23H,3-12H2,1-2H3/t13-,14+,15+,16?,18-,19+,20-/m1/s1. The third kappa shape index (κ3) is 2.12. The third-order valence-corrected chi connectivity index (χ3v) is 8.66. The van der Waals surface area contributed by atoms with Crippen LogP contribution in [0.2, 0.25) is 0 Å². The van der Waals surface area contributed by atoms with E-state index in [0.717, 1.165) is 51.4 Å². The number of hydrogen-bond acceptors (Lipinski definition) is 3. The van der Waals surface area contributed by atoms with E-state index >= 15 is 0 Å². The predicted octanol–water partition coefficient (Wildman–Crippen LogP) is 3.32. The Morgan fingerprint density at radius 1 is 1.04 bits per heavy atom. The smallest absolute Gasteiger partial charge is 0.139 e. The maximum atomic E-state index is 12.4. The van der Waals surface area contributed by atoms with Gasteiger partial charge in [-0.25, -0.2) is 0 Å². The molecule has 4 aliphatic carbocycles. The van der Waals surface area contributed by atoms with Crippen molar-refractivity contribution in [3.8, 4) is 0 Å². The van der Waals surface area contributed by atoms with Crippen LogP contribution < -0.4 is 0 Å². The van der Waals surface area contributed by atoms with Crippen molar-refractivity contribution in [1.82, 2.24) is 0 Å². The lowest BCUT2D eigenvalue weighted by Gasteiger charge is -2.61. The molecule has 0 radical (unpaired) electrons. The van der Waals surface area contributed by atoms with Crippen molar-refractivity contribution in [1.29, 1.82) is 0 Å². The van der Waals surface area contributed by atoms with Gasteiger partial charge in [0, 0.05) is 18.4 Å². The molecule has 4 rings (SSSR count). The Morgan fingerprint density at radius 2 is 1.83 bits per heavy atom. The summed E-state index contributed by atoms with van der Waals surface area (Å²) in [6.07, 6.45) is 8.89. The molecule has 0 saturated heterocycles. The first kappa shape index (κ1) is 16.1. The Labute approximate surface area is 139 Å². The molecule has 0 aromatic rings. The summed E-state index contributed by atoms with van der Waals surface area (Å²) in [4.78, 5) is 12.4. The summed E-state index contributed by atoms with van der Waals surface area (Å²) in [5.74, 6) is 2.67. The van der Waals surface area contributed by atoms with E-state index in [4.69, 9.17) is 0 Å². The molecule has 4 aliphatic rings. The molecule has 0 bridgehead atoms. The minimum atomic E-state index is -0.553. The molecule has 0 aliphatic heterocycles. The van der Waals surface area contributed by atoms with Gasteiger partial charge in [-0.3, -0.25) is 4.79 Å². The van der Waals surface area contributed by atoms with Crippen LogP contribution in [0.25, 0.3) is 0 Å². The molecule has 0 heterocycles. The van der Waals surface area contributed by atoms with Gasteiger partial charge in [-0.2, -0.15) is 0 Å². The number of ketones is 1. The monoisotopic (exact) mass is 320 g/mol. The van der Waals surface area contributed by atoms with Crippen molar-refractivity contribution < 1.29 is 15.0 Å². The zero-order valence-corrected chi connectivity index (χ0v) is 14.7. The fourth-order valence-electron chi connectivity index (χ4n) is 7.31. The molecule has 4 fully saturated rings. The van der Waals surface area contributed by atoms with Gasteiger partial charge in [0.2, 0.25) is 0 Å². The fraction of sp³-hybridized carbons (Fsp3) is 0.950. The Hall–Kier alpha value is -0.410. The van der Waals surface area contributed by atoms with Crippen molar-refractivity contribution in [2.75, 3.05) is 6.61 Å². The number of aliphatic hydroxyl groups excluding tert-OH is 1. The fourth-order valence-corrected chi connectivity index (χ4v) is 7.31. The van der Waals surface area contributed by atoms with Crippen LogP contribution in [-0.4, -0.2) is 28.2 Å². The van der Waals surface area contributed by atoms with Gasteiger partial charge >= 0.3 is 0 Å². The van der Waals surface area contributed by atoms with Crippen LogP contribution in [0.4, 0.5) is 0 Å². The molecule has 0 aromatic carbocycles. The second-order valence-corrected chi connectivity index (χ2v) is 9.66. The first-order valence-corrected chi connectivity index (χ1v) is 9.69. The van der Waals surface area contributed by atoms with Gasteiger partial charge in [-0.05, 0) is 87.4 Å². The van der Waals surface area contributed by atoms with E-state index in [1.54, 1.807) is 0 Å². The highest BCUT2D eigenvalue weighted by Gasteiger charge is 2.62. The Kier molecular flexibility index (Phi) is 3.53. The molecule has 4 saturated carbocycles. The van der Waals surface area contributed by atoms with Gasteiger partial charge in [-0.1, -0.05) is 6.92 Å². The highest BCUT2D eigenvalue weighted by Crippen LogP contribution is 2.66. The molecular weight excluding hydrogens is 288 g/mol. The molecule has 0 amide bonds. The molecule has 0 aromatic heterocycles. The van der Waals surface area contributed by atoms with E-state index < -0.39 is 5.60 Å². The van der Waals surface area contributed by atoms with E-state index in [2.05, 4.69) is 6.92 Å². The number of rotatable bonds is 1. The lowest BCUT2D eigenvalue weighted by atomic mass is 9.44. The number of aliphatic hydroxyl groups is 2. The van der Waals surface area contributed by atoms with Crippen molar-refractivity contribution >= 4 is 5.78 Å². The van der Waals surface area contributed by atoms with Crippen molar-refractivity contribution in [2.45, 2.75) is 77.2 Å². The lowest BCUT2D eigenvalue weighted by molar-refractivity contribution is -0.169. The van der Waals surface area contributed by atoms with E-state index in [1.807, 2.05) is 6.92 Å². The van der Waals surface area contributed by atoms with Crippen LogP contribution in [-0.2, 0) is 4.79 Å². The number of carbonyl (C=O) groups is 1. The van der Waals surface area contributed by atoms with E-state index in [9.17, 15) is 15.0 Å². The summed E-state index contributed by atoms with van der Waals surface area (Å²) < 4.78 is 0. The number of fused-ring (bicyclic) bond motifs is 5. The highest BCUT2D eigenvalue weighted by molar-refractivity contribution is 5.87. The molecular formula is C20H32O3. The Morgan fingerprint density at radius 3 is 2.57 bits per heavy atom. The quantitative estimate of drug-likeness (QED) is 0.779. The summed E-state index contributed by atoms with van der Waals surface area (Å²) in [6.45, 7) is 4.45. The maximum Gasteiger partial charge on any atom is 0.139 e. The van der Waals surface area contributed by atoms with Crippen molar-refractivity contribution in [3.63, 3.8) is 0 Å². The minimum Gasteiger partial charge on any atom is -0.396 e. The molecule has 7 atom stereocenters. The van der Waals surface area contributed by atoms with Gasteiger partial charge in [0.05, 0.1) is 5.60 Å². The highest BCUT2D eigenvalue weighted by atomic mass is 16.3. The summed E-state index contributed by atoms with van der Waals surface area (Å²) >= 11 is 0. The van der Waals surface area contributed by atoms with Gasteiger partial charge < -0.3 is 10.2 Å². The summed E-state index contributed by atoms with van der Waals surface area (Å²) in [7, 11) is 0. The second kappa shape index (κ2) is 5.05. The molecule has 1 unspecified atom stereocenters. The molecule has 130 valence electrons. The van der Waals surface area contributed by atoms with Gasteiger partial charge in [0.15, 0.2) is 0 Å². The third-order valence-electron chi connectivity index (χ3n) is 8.66. The van der Waals surface area contributed by atoms with Gasteiger partial charge in [-0.15, -0.1) is 0 Å². The molecule has 2 N–H and O–H groups in total. The number of hydrogen-bond donors (Lipinski definition) is 2. The largest absolute Gasteiger partial charge is 0.396 e. The van der Waals surface area contributed by atoms with Crippen LogP contribution in [0.15, 0.2) is 0 Å². The molecule has 23 heavy (non-hydrogen) atoms. The first-order chi connectivity index (χ1) is 10.8. The van der Waals surface area contributed by atoms with E-state index in [1.165, 1.54) is 6.42 Å². The first-order valence-electron chi connectivity index (χ1n) is 9.69. The van der Waals surface area contributed by atoms with Crippen LogP contribution in [0.5, 0.6) is 0 Å². The van der Waals surface area contributed by atoms with E-state index in [-0.39, 0.29) is 17.4 Å². The van der Waals surface area contributed by atoms with Crippen molar-refractivity contribution in [2.24, 2.45) is 34.5 Å². The van der Waals surface area contributed by atoms with Gasteiger partial charge in [0.1, 0.15) is 5.78 Å². The van der Waals surface area contributed by atoms with Crippen LogP contribution in [0.3, 0.4) is 0 Å². The van der Waals surface area contributed by atoms with Crippen molar-refractivity contribution in [3.05, 3.63) is 0 Å². The van der Waals surface area contributed by atoms with Crippen LogP contribution >= 0.6 is 0 Å². The average Bonchev–Trinajstić information content (AvgIpc) is 2.82. The zero-order valence-electron chi connectivity index (χ0n) is 14.7. The zero-order chi connectivity index (χ0) is 16.5. The number of Topliss-reactive ketones (excluding diaryl/α,β-unsaturated/α-hetero) is 1. The summed E-state index contributed by atoms with van der Waals surface area (Å²) in [6, 6.07) is 0. The minimum absolute atomic E-state index is 0.0120. The molecule has 3 nitrogen and oxygen atoms in total. The Balaban J connectivity index is 1.66. The Bertz CT molecular complexity index is 513. The summed E-state index contributed by atoms with van der Waals surface area (Å²) in [5, 5.41) is 20.9. The SMILES string of the molecule is C[C@@]1(O)CC[C@]2(CO)C3CC[C@]4(C)C(=O)CC[C@H]4[C@@H]3CC[C@@H]2C1. The average molecular weight is 320 g/mol. The topological polar surface area (TPSA) is 57.5 Å². The number of carbonyl (C=O) groups excluding carboxylic acids is 1. The second-order valence-electron chi connectivity index (χ2n) is 9.66. The van der Waals surface area contributed by atoms with Gasteiger partial charge in [0.25, 0.3) is 0 Å². The predicted molar refractivity (Wildman–Crippen MR) is 88.8 cm³/mol. The molecule has 3 heteroatoms. The van der Waals surface area contributed by atoms with Crippen LogP contribution in [0, 0.1) is 34.5 Å². The maximum absolute atomic E-state index is 12.4. The normalized spacial score (nSPS) is 55.9. The molecule has 0 spiro atoms. The van der Waals surface area contributed by atoms with Crippen LogP contribution in [0.1, 0.15) is 71.6 Å². The van der Waals surface area contributed by atoms with E-state index in [0.29, 0.717) is 29.5 Å². The summed E-state index contributed by atoms with van der Waals surface area (Å²) in [5.41, 5.74) is -0.619. The lowest BCUT2D eigenvalue weighted by Crippen LogP contribution is -2.58.